The van der Waals surface area contributed by atoms with Gasteiger partial charge in [-0.25, -0.2) is 9.78 Å². The highest BCUT2D eigenvalue weighted by atomic mass is 16.4. The topological polar surface area (TPSA) is 105 Å². The van der Waals surface area contributed by atoms with E-state index in [4.69, 9.17) is 5.73 Å². The van der Waals surface area contributed by atoms with E-state index >= 15 is 0 Å². The predicted octanol–water partition coefficient (Wildman–Crippen LogP) is 1.46. The minimum atomic E-state index is -1.09. The van der Waals surface area contributed by atoms with E-state index in [9.17, 15) is 14.7 Å². The molecule has 0 aliphatic heterocycles. The molecule has 1 atom stereocenters. The maximum absolute atomic E-state index is 11.5. The fourth-order valence-electron chi connectivity index (χ4n) is 1.78. The Bertz CT molecular complexity index is 528. The Morgan fingerprint density at radius 2 is 2.05 bits per heavy atom. The molecule has 0 saturated carbocycles. The van der Waals surface area contributed by atoms with Gasteiger partial charge in [0.05, 0.1) is 0 Å². The minimum Gasteiger partial charge on any atom is -0.478 e. The fraction of sp³-hybridized carbons (Fsp3) is 0.462. The molecule has 1 aromatic heterocycles. The largest absolute Gasteiger partial charge is 0.478 e. The van der Waals surface area contributed by atoms with E-state index in [1.54, 1.807) is 33.8 Å². The van der Waals surface area contributed by atoms with Gasteiger partial charge in [0.2, 0.25) is 5.91 Å². The van der Waals surface area contributed by atoms with Gasteiger partial charge in [-0.1, -0.05) is 6.92 Å². The number of amides is 1. The maximum Gasteiger partial charge on any atom is 0.339 e. The van der Waals surface area contributed by atoms with Crippen molar-refractivity contribution in [3.63, 3.8) is 0 Å². The van der Waals surface area contributed by atoms with Crippen molar-refractivity contribution in [2.24, 2.45) is 5.73 Å². The predicted molar refractivity (Wildman–Crippen MR) is 72.2 cm³/mol. The molecule has 4 N–H and O–H groups in total. The molecule has 6 heteroatoms. The zero-order valence-corrected chi connectivity index (χ0v) is 11.6. The quantitative estimate of drug-likeness (QED) is 0.747. The number of pyridine rings is 1. The molecular weight excluding hydrogens is 246 g/mol. The van der Waals surface area contributed by atoms with Crippen LogP contribution in [0, 0.1) is 13.8 Å². The molecule has 104 valence electrons. The smallest absolute Gasteiger partial charge is 0.339 e. The Kier molecular flexibility index (Phi) is 4.14. The van der Waals surface area contributed by atoms with E-state index in [1.807, 2.05) is 0 Å². The van der Waals surface area contributed by atoms with E-state index in [1.165, 1.54) is 0 Å². The molecule has 0 aliphatic carbocycles. The van der Waals surface area contributed by atoms with Crippen LogP contribution in [-0.4, -0.2) is 27.5 Å². The molecular formula is C13H19N3O3. The zero-order valence-electron chi connectivity index (χ0n) is 11.6. The van der Waals surface area contributed by atoms with Gasteiger partial charge in [0.15, 0.2) is 0 Å². The Balaban J connectivity index is 3.34. The van der Waals surface area contributed by atoms with Crippen LogP contribution in [0.2, 0.25) is 0 Å². The van der Waals surface area contributed by atoms with E-state index in [0.29, 0.717) is 17.7 Å². The van der Waals surface area contributed by atoms with Crippen LogP contribution in [0.3, 0.4) is 0 Å². The lowest BCUT2D eigenvalue weighted by atomic mass is 9.97. The lowest BCUT2D eigenvalue weighted by Crippen LogP contribution is -2.47. The second-order valence-electron chi connectivity index (χ2n) is 4.78. The van der Waals surface area contributed by atoms with Gasteiger partial charge in [0, 0.05) is 5.69 Å². The lowest BCUT2D eigenvalue weighted by Gasteiger charge is -2.27. The molecule has 0 radical (unpaired) electrons. The van der Waals surface area contributed by atoms with Gasteiger partial charge in [0.25, 0.3) is 0 Å². The van der Waals surface area contributed by atoms with Gasteiger partial charge in [-0.05, 0) is 38.8 Å². The molecule has 1 heterocycles. The van der Waals surface area contributed by atoms with E-state index in [2.05, 4.69) is 10.3 Å². The summed E-state index contributed by atoms with van der Waals surface area (Å²) in [5.41, 5.74) is 5.65. The normalized spacial score (nSPS) is 13.7. The number of carbonyl (C=O) groups excluding carboxylic acids is 1. The highest BCUT2D eigenvalue weighted by molar-refractivity contribution is 5.96. The number of primary amides is 1. The molecule has 0 fully saturated rings. The van der Waals surface area contributed by atoms with Crippen LogP contribution in [0.25, 0.3) is 0 Å². The standard InChI is InChI=1S/C13H19N3O3/c1-5-13(4,12(14)19)16-10-9(11(17)18)7(2)6-8(3)15-10/h6H,5H2,1-4H3,(H2,14,19)(H,15,16)(H,17,18). The van der Waals surface area contributed by atoms with Crippen molar-refractivity contribution in [2.45, 2.75) is 39.7 Å². The van der Waals surface area contributed by atoms with Crippen LogP contribution in [0.1, 0.15) is 41.9 Å². The maximum atomic E-state index is 11.5. The summed E-state index contributed by atoms with van der Waals surface area (Å²) in [5.74, 6) is -1.46. The first kappa shape index (κ1) is 14.9. The molecule has 1 amide bonds. The van der Waals surface area contributed by atoms with Crippen LogP contribution in [0.4, 0.5) is 5.82 Å². The third-order valence-corrected chi connectivity index (χ3v) is 3.20. The molecule has 0 bridgehead atoms. The number of nitrogens with two attached hydrogens (primary N) is 1. The molecule has 0 aliphatic rings. The van der Waals surface area contributed by atoms with Crippen LogP contribution >= 0.6 is 0 Å². The van der Waals surface area contributed by atoms with Crippen molar-refractivity contribution in [1.82, 2.24) is 4.98 Å². The average Bonchev–Trinajstić information content (AvgIpc) is 2.26. The van der Waals surface area contributed by atoms with Crippen molar-refractivity contribution in [1.29, 1.82) is 0 Å². The molecule has 0 spiro atoms. The fourth-order valence-corrected chi connectivity index (χ4v) is 1.78. The number of nitrogens with one attached hydrogen (secondary N) is 1. The summed E-state index contributed by atoms with van der Waals surface area (Å²) < 4.78 is 0. The highest BCUT2D eigenvalue weighted by Crippen LogP contribution is 2.23. The molecule has 6 nitrogen and oxygen atoms in total. The Morgan fingerprint density at radius 3 is 2.47 bits per heavy atom. The van der Waals surface area contributed by atoms with E-state index in [-0.39, 0.29) is 11.4 Å². The molecule has 19 heavy (non-hydrogen) atoms. The zero-order chi connectivity index (χ0) is 14.8. The third kappa shape index (κ3) is 3.01. The summed E-state index contributed by atoms with van der Waals surface area (Å²) in [7, 11) is 0. The summed E-state index contributed by atoms with van der Waals surface area (Å²) in [6.45, 7) is 6.87. The molecule has 0 saturated heterocycles. The van der Waals surface area contributed by atoms with Crippen molar-refractivity contribution in [3.8, 4) is 0 Å². The lowest BCUT2D eigenvalue weighted by molar-refractivity contribution is -0.121. The number of nitrogens with zero attached hydrogens (tertiary/aromatic N) is 1. The Morgan fingerprint density at radius 1 is 1.47 bits per heavy atom. The summed E-state index contributed by atoms with van der Waals surface area (Å²) in [4.78, 5) is 27.0. The van der Waals surface area contributed by atoms with Gasteiger partial charge in [-0.3, -0.25) is 4.79 Å². The number of hydrogen-bond acceptors (Lipinski definition) is 4. The number of aromatic nitrogens is 1. The van der Waals surface area contributed by atoms with E-state index in [0.717, 1.165) is 0 Å². The molecule has 1 rings (SSSR count). The van der Waals surface area contributed by atoms with Gasteiger partial charge < -0.3 is 16.2 Å². The number of aromatic carboxylic acids is 1. The second-order valence-corrected chi connectivity index (χ2v) is 4.78. The third-order valence-electron chi connectivity index (χ3n) is 3.20. The van der Waals surface area contributed by atoms with Crippen LogP contribution in [0.5, 0.6) is 0 Å². The van der Waals surface area contributed by atoms with Crippen LogP contribution in [-0.2, 0) is 4.79 Å². The van der Waals surface area contributed by atoms with Gasteiger partial charge in [-0.15, -0.1) is 0 Å². The molecule has 1 unspecified atom stereocenters. The first-order valence-corrected chi connectivity index (χ1v) is 6.01. The monoisotopic (exact) mass is 265 g/mol. The number of anilines is 1. The van der Waals surface area contributed by atoms with Crippen molar-refractivity contribution in [3.05, 3.63) is 22.9 Å². The summed E-state index contributed by atoms with van der Waals surface area (Å²) in [6, 6.07) is 1.68. The minimum absolute atomic E-state index is 0.0616. The number of rotatable bonds is 5. The number of carboxylic acid groups (broad SMARTS) is 1. The first-order chi connectivity index (χ1) is 8.71. The summed E-state index contributed by atoms with van der Waals surface area (Å²) in [5, 5.41) is 12.1. The number of aryl methyl sites for hydroxylation is 2. The summed E-state index contributed by atoms with van der Waals surface area (Å²) >= 11 is 0. The van der Waals surface area contributed by atoms with Gasteiger partial charge in [-0.2, -0.15) is 0 Å². The SMILES string of the molecule is CCC(C)(Nc1nc(C)cc(C)c1C(=O)O)C(N)=O. The van der Waals surface area contributed by atoms with Crippen LogP contribution in [0.15, 0.2) is 6.07 Å². The van der Waals surface area contributed by atoms with Crippen LogP contribution < -0.4 is 11.1 Å². The van der Waals surface area contributed by atoms with Crippen molar-refractivity contribution < 1.29 is 14.7 Å². The number of carboxylic acids is 1. The summed E-state index contributed by atoms with van der Waals surface area (Å²) in [6.07, 6.45) is 0.427. The van der Waals surface area contributed by atoms with Crippen molar-refractivity contribution >= 4 is 17.7 Å². The Hall–Kier alpha value is -2.11. The number of hydrogen-bond donors (Lipinski definition) is 3. The highest BCUT2D eigenvalue weighted by Gasteiger charge is 2.31. The number of carbonyl (C=O) groups is 2. The van der Waals surface area contributed by atoms with Gasteiger partial charge >= 0.3 is 5.97 Å². The first-order valence-electron chi connectivity index (χ1n) is 6.01. The van der Waals surface area contributed by atoms with Crippen molar-refractivity contribution in [2.75, 3.05) is 5.32 Å². The van der Waals surface area contributed by atoms with E-state index < -0.39 is 17.4 Å². The second kappa shape index (κ2) is 5.26. The average molecular weight is 265 g/mol. The van der Waals surface area contributed by atoms with Gasteiger partial charge in [0.1, 0.15) is 16.9 Å². The Labute approximate surface area is 112 Å². The molecule has 1 aromatic rings. The molecule has 0 aromatic carbocycles.